The van der Waals surface area contributed by atoms with E-state index in [1.807, 2.05) is 0 Å². The Hall–Kier alpha value is -8.58. The van der Waals surface area contributed by atoms with Gasteiger partial charge in [-0.15, -0.1) is 0 Å². The molecule has 0 saturated carbocycles. The summed E-state index contributed by atoms with van der Waals surface area (Å²) >= 11 is 0. The zero-order chi connectivity index (χ0) is 42.8. The van der Waals surface area contributed by atoms with E-state index in [1.165, 1.54) is 162 Å². The molecule has 16 aromatic rings. The average Bonchev–Trinajstić information content (AvgIpc) is 3.39. The van der Waals surface area contributed by atoms with Crippen molar-refractivity contribution in [3.63, 3.8) is 0 Å². The van der Waals surface area contributed by atoms with E-state index < -0.39 is 0 Å². The van der Waals surface area contributed by atoms with Crippen LogP contribution in [0.3, 0.4) is 0 Å². The lowest BCUT2D eigenvalue weighted by molar-refractivity contribution is 1.79. The quantitative estimate of drug-likeness (QED) is 0.134. The topological polar surface area (TPSA) is 0 Å². The second-order valence-electron chi connectivity index (χ2n) is 18.5. The van der Waals surface area contributed by atoms with Crippen molar-refractivity contribution < 1.29 is 0 Å². The molecule has 0 aliphatic rings. The maximum atomic E-state index is 2.45. The van der Waals surface area contributed by atoms with Crippen molar-refractivity contribution in [3.05, 3.63) is 218 Å². The third-order valence-electron chi connectivity index (χ3n) is 15.4. The molecule has 0 aromatic heterocycles. The number of rotatable bonds is 0. The van der Waals surface area contributed by atoms with Gasteiger partial charge in [-0.25, -0.2) is 0 Å². The second kappa shape index (κ2) is 12.6. The largest absolute Gasteiger partial charge is 0.0616 e. The van der Waals surface area contributed by atoms with Crippen LogP contribution in [0.25, 0.3) is 162 Å². The molecule has 0 bridgehead atoms. The van der Waals surface area contributed by atoms with Gasteiger partial charge in [0.15, 0.2) is 0 Å². The molecule has 0 radical (unpaired) electrons. The lowest BCUT2D eigenvalue weighted by Gasteiger charge is -2.24. The fraction of sp³-hybridized carbons (Fsp3) is 0. The predicted octanol–water partition coefficient (Wildman–Crippen LogP) is 19.0. The van der Waals surface area contributed by atoms with Crippen LogP contribution in [0.1, 0.15) is 0 Å². The van der Waals surface area contributed by atoms with Gasteiger partial charge in [0.1, 0.15) is 0 Å². The Labute approximate surface area is 378 Å². The van der Waals surface area contributed by atoms with Crippen molar-refractivity contribution in [1.82, 2.24) is 0 Å². The van der Waals surface area contributed by atoms with Crippen molar-refractivity contribution in [2.24, 2.45) is 0 Å². The second-order valence-corrected chi connectivity index (χ2v) is 18.5. The monoisotopic (exact) mass is 828 g/mol. The van der Waals surface area contributed by atoms with Crippen LogP contribution in [0.5, 0.6) is 0 Å². The Balaban J connectivity index is 1.37. The lowest BCUT2D eigenvalue weighted by atomic mass is 9.78. The Morgan fingerprint density at radius 2 is 0.258 bits per heavy atom. The summed E-state index contributed by atoms with van der Waals surface area (Å²) in [6.07, 6.45) is 0. The van der Waals surface area contributed by atoms with Crippen molar-refractivity contribution in [2.75, 3.05) is 0 Å². The standard InChI is InChI=1S/C66H36/c1-7-19-43-37(13-1)25-31-49-55(43)56-44-20-8-2-14-38(44)26-32-50(56)62-61(49)63-51-33-27-39-15-3-9-21-45(39)57(51)59-47-23-11-5-17-41(47)29-35-53(59)65(63)66-54-36-30-42-18-6-12-24-48(42)60(54)58-46-22-10-4-16-40(46)28-34-52(58)64(62)66/h1-36H. The molecule has 0 N–H and O–H groups in total. The molecule has 16 aromatic carbocycles. The summed E-state index contributed by atoms with van der Waals surface area (Å²) in [5, 5.41) is 38.9. The van der Waals surface area contributed by atoms with Gasteiger partial charge in [0.2, 0.25) is 0 Å². The van der Waals surface area contributed by atoms with Gasteiger partial charge in [-0.05, 0) is 162 Å². The molecule has 0 spiro atoms. The molecule has 16 rings (SSSR count). The van der Waals surface area contributed by atoms with Gasteiger partial charge >= 0.3 is 0 Å². The minimum absolute atomic E-state index is 1.26. The smallest absolute Gasteiger partial charge is 0.000694 e. The Morgan fingerprint density at radius 1 is 0.106 bits per heavy atom. The van der Waals surface area contributed by atoms with Crippen LogP contribution in [0.15, 0.2) is 218 Å². The lowest BCUT2D eigenvalue weighted by Crippen LogP contribution is -1.95. The molecule has 0 heteroatoms. The summed E-state index contributed by atoms with van der Waals surface area (Å²) in [6, 6.07) is 83.1. The van der Waals surface area contributed by atoms with Gasteiger partial charge in [-0.3, -0.25) is 0 Å². The van der Waals surface area contributed by atoms with E-state index in [9.17, 15) is 0 Å². The summed E-state index contributed by atoms with van der Waals surface area (Å²) in [6.45, 7) is 0. The van der Waals surface area contributed by atoms with E-state index in [-0.39, 0.29) is 0 Å². The van der Waals surface area contributed by atoms with Crippen molar-refractivity contribution in [1.29, 1.82) is 0 Å². The molecule has 0 nitrogen and oxygen atoms in total. The molecule has 0 saturated heterocycles. The van der Waals surface area contributed by atoms with Crippen LogP contribution in [0.2, 0.25) is 0 Å². The van der Waals surface area contributed by atoms with Gasteiger partial charge < -0.3 is 0 Å². The average molecular weight is 829 g/mol. The van der Waals surface area contributed by atoms with E-state index >= 15 is 0 Å². The highest BCUT2D eigenvalue weighted by atomic mass is 14.3. The molecule has 0 atom stereocenters. The number of hydrogen-bond acceptors (Lipinski definition) is 0. The van der Waals surface area contributed by atoms with Crippen LogP contribution >= 0.6 is 0 Å². The number of benzene rings is 16. The third kappa shape index (κ3) is 4.30. The van der Waals surface area contributed by atoms with Crippen LogP contribution in [-0.2, 0) is 0 Å². The minimum Gasteiger partial charge on any atom is -0.0616 e. The number of fused-ring (bicyclic) bond motifs is 33. The van der Waals surface area contributed by atoms with Crippen molar-refractivity contribution in [3.8, 4) is 0 Å². The van der Waals surface area contributed by atoms with Crippen molar-refractivity contribution >= 4 is 162 Å². The first-order chi connectivity index (χ1) is 32.8. The van der Waals surface area contributed by atoms with Gasteiger partial charge in [0, 0.05) is 0 Å². The normalized spacial score (nSPS) is 12.5. The first-order valence-corrected chi connectivity index (χ1v) is 23.2. The first kappa shape index (κ1) is 34.9. The molecule has 300 valence electrons. The molecule has 0 fully saturated rings. The molecule has 0 amide bonds. The SMILES string of the molecule is c1ccc2c(c1)ccc1c2c2c3ccccc3ccc2c2c1c1c3ccc4ccccc4c3c3c4ccccc4ccc3c1c1c3ccc4ccccc4c3c3c4ccccc4ccc3c21. The van der Waals surface area contributed by atoms with Crippen molar-refractivity contribution in [2.45, 2.75) is 0 Å². The Morgan fingerprint density at radius 3 is 0.424 bits per heavy atom. The van der Waals surface area contributed by atoms with E-state index in [4.69, 9.17) is 0 Å². The molecule has 0 aliphatic heterocycles. The first-order valence-electron chi connectivity index (χ1n) is 23.2. The zero-order valence-electron chi connectivity index (χ0n) is 35.8. The maximum absolute atomic E-state index is 2.45. The van der Waals surface area contributed by atoms with Crippen LogP contribution < -0.4 is 0 Å². The summed E-state index contributed by atoms with van der Waals surface area (Å²) in [7, 11) is 0. The predicted molar refractivity (Wildman–Crippen MR) is 289 cm³/mol. The Bertz CT molecular complexity index is 4080. The van der Waals surface area contributed by atoms with E-state index in [0.717, 1.165) is 0 Å². The van der Waals surface area contributed by atoms with Gasteiger partial charge in [-0.2, -0.15) is 0 Å². The molecule has 0 heterocycles. The van der Waals surface area contributed by atoms with E-state index in [2.05, 4.69) is 218 Å². The molecule has 66 heavy (non-hydrogen) atoms. The molecule has 0 aliphatic carbocycles. The zero-order valence-corrected chi connectivity index (χ0v) is 35.8. The fourth-order valence-electron chi connectivity index (χ4n) is 12.9. The fourth-order valence-corrected chi connectivity index (χ4v) is 12.9. The Kier molecular flexibility index (Phi) is 6.64. The molecular weight excluding hydrogens is 793 g/mol. The molecule has 0 unspecified atom stereocenters. The van der Waals surface area contributed by atoms with Gasteiger partial charge in [0.05, 0.1) is 0 Å². The summed E-state index contributed by atoms with van der Waals surface area (Å²) in [5.41, 5.74) is 0. The highest BCUT2D eigenvalue weighted by molar-refractivity contribution is 6.56. The summed E-state index contributed by atoms with van der Waals surface area (Å²) in [4.78, 5) is 0. The van der Waals surface area contributed by atoms with Crippen LogP contribution in [-0.4, -0.2) is 0 Å². The van der Waals surface area contributed by atoms with Crippen LogP contribution in [0, 0.1) is 0 Å². The third-order valence-corrected chi connectivity index (χ3v) is 15.4. The van der Waals surface area contributed by atoms with E-state index in [0.29, 0.717) is 0 Å². The summed E-state index contributed by atoms with van der Waals surface area (Å²) < 4.78 is 0. The van der Waals surface area contributed by atoms with Crippen LogP contribution in [0.4, 0.5) is 0 Å². The highest BCUT2D eigenvalue weighted by Crippen LogP contribution is 2.56. The minimum atomic E-state index is 1.26. The van der Waals surface area contributed by atoms with E-state index in [1.54, 1.807) is 0 Å². The van der Waals surface area contributed by atoms with Gasteiger partial charge in [0.25, 0.3) is 0 Å². The van der Waals surface area contributed by atoms with Gasteiger partial charge in [-0.1, -0.05) is 218 Å². The summed E-state index contributed by atoms with van der Waals surface area (Å²) in [5.74, 6) is 0. The maximum Gasteiger partial charge on any atom is -0.000694 e. The highest BCUT2D eigenvalue weighted by Gasteiger charge is 2.27. The molecular formula is C66H36. The number of hydrogen-bond donors (Lipinski definition) is 0.